The highest BCUT2D eigenvalue weighted by molar-refractivity contribution is 7.07. The van der Waals surface area contributed by atoms with Gasteiger partial charge in [0, 0.05) is 11.1 Å². The summed E-state index contributed by atoms with van der Waals surface area (Å²) in [7, 11) is 0. The van der Waals surface area contributed by atoms with Crippen LogP contribution in [-0.4, -0.2) is 29.9 Å². The van der Waals surface area contributed by atoms with E-state index in [2.05, 4.69) is 6.58 Å². The SMILES string of the molecule is C=CCOc1ccc2ccccc2c1/C=c1\sc2n(c1=O)[C@H](c1ccccc1OC(C)C)C(C(=O)OCC)=C(C)N=2. The first-order valence-electron chi connectivity index (χ1n) is 13.5. The summed E-state index contributed by atoms with van der Waals surface area (Å²) < 4.78 is 19.6. The molecule has 0 amide bonds. The van der Waals surface area contributed by atoms with Gasteiger partial charge in [0.15, 0.2) is 4.80 Å². The molecule has 4 aromatic rings. The average Bonchev–Trinajstić information content (AvgIpc) is 3.26. The van der Waals surface area contributed by atoms with E-state index in [4.69, 9.17) is 19.2 Å². The van der Waals surface area contributed by atoms with Gasteiger partial charge >= 0.3 is 5.97 Å². The Bertz CT molecular complexity index is 1850. The second-order valence-corrected chi connectivity index (χ2v) is 10.8. The fourth-order valence-electron chi connectivity index (χ4n) is 4.98. The summed E-state index contributed by atoms with van der Waals surface area (Å²) in [6, 6.07) is 18.5. The van der Waals surface area contributed by atoms with E-state index < -0.39 is 12.0 Å². The molecule has 5 rings (SSSR count). The fraction of sp³-hybridized carbons (Fsp3) is 0.242. The van der Waals surface area contributed by atoms with E-state index in [-0.39, 0.29) is 18.3 Å². The molecule has 1 aliphatic rings. The Kier molecular flexibility index (Phi) is 8.21. The Morgan fingerprint density at radius 3 is 2.61 bits per heavy atom. The Hall–Kier alpha value is -4.43. The molecule has 210 valence electrons. The van der Waals surface area contributed by atoms with Gasteiger partial charge in [-0.3, -0.25) is 9.36 Å². The highest BCUT2D eigenvalue weighted by Crippen LogP contribution is 2.36. The Morgan fingerprint density at radius 1 is 1.10 bits per heavy atom. The van der Waals surface area contributed by atoms with Crippen LogP contribution in [0.1, 0.15) is 44.9 Å². The van der Waals surface area contributed by atoms with Crippen LogP contribution in [0.25, 0.3) is 16.8 Å². The summed E-state index contributed by atoms with van der Waals surface area (Å²) in [4.78, 5) is 32.7. The molecule has 1 aromatic heterocycles. The minimum atomic E-state index is -0.772. The summed E-state index contributed by atoms with van der Waals surface area (Å²) in [6.07, 6.45) is 3.42. The topological polar surface area (TPSA) is 79.1 Å². The normalized spacial score (nSPS) is 15.0. The van der Waals surface area contributed by atoms with Gasteiger partial charge in [-0.15, -0.1) is 0 Å². The molecule has 3 aromatic carbocycles. The highest BCUT2D eigenvalue weighted by atomic mass is 32.1. The lowest BCUT2D eigenvalue weighted by molar-refractivity contribution is -0.139. The first kappa shape index (κ1) is 28.1. The molecular formula is C33H32N2O5S. The average molecular weight is 569 g/mol. The molecule has 0 unspecified atom stereocenters. The number of fused-ring (bicyclic) bond motifs is 2. The van der Waals surface area contributed by atoms with Gasteiger partial charge in [-0.05, 0) is 56.7 Å². The Labute approximate surface area is 242 Å². The number of thiazole rings is 1. The molecule has 1 aliphatic heterocycles. The van der Waals surface area contributed by atoms with E-state index in [1.807, 2.05) is 80.6 Å². The predicted molar refractivity (Wildman–Crippen MR) is 162 cm³/mol. The molecule has 0 bridgehead atoms. The second kappa shape index (κ2) is 12.0. The van der Waals surface area contributed by atoms with E-state index in [1.165, 1.54) is 11.3 Å². The van der Waals surface area contributed by atoms with Crippen LogP contribution < -0.4 is 24.4 Å². The number of aromatic nitrogens is 1. The largest absolute Gasteiger partial charge is 0.491 e. The van der Waals surface area contributed by atoms with E-state index in [0.717, 1.165) is 16.3 Å². The summed E-state index contributed by atoms with van der Waals surface area (Å²) in [5.74, 6) is 0.722. The van der Waals surface area contributed by atoms with Gasteiger partial charge in [-0.25, -0.2) is 9.79 Å². The summed E-state index contributed by atoms with van der Waals surface area (Å²) in [5.41, 5.74) is 2.02. The lowest BCUT2D eigenvalue weighted by Gasteiger charge is -2.26. The standard InChI is InChI=1S/C33H32N2O5S/c1-6-18-39-26-17-16-22-12-8-9-13-23(22)25(26)19-28-31(36)35-30(24-14-10-11-15-27(24)40-20(3)4)29(32(37)38-7-2)21(5)34-33(35)41-28/h6,8-17,19-20,30H,1,7,18H2,2-5H3/b28-19-/t30-/m1/s1. The number of para-hydroxylation sites is 1. The van der Waals surface area contributed by atoms with E-state index >= 15 is 0 Å². The number of benzene rings is 3. The Morgan fingerprint density at radius 2 is 1.85 bits per heavy atom. The van der Waals surface area contributed by atoms with Crippen LogP contribution >= 0.6 is 11.3 Å². The molecule has 0 radical (unpaired) electrons. The highest BCUT2D eigenvalue weighted by Gasteiger charge is 2.35. The number of carbonyl (C=O) groups excluding carboxylic acids is 1. The lowest BCUT2D eigenvalue weighted by atomic mass is 9.95. The fourth-order valence-corrected chi connectivity index (χ4v) is 6.01. The molecule has 0 spiro atoms. The zero-order valence-electron chi connectivity index (χ0n) is 23.5. The summed E-state index contributed by atoms with van der Waals surface area (Å²) >= 11 is 1.27. The van der Waals surface area contributed by atoms with Crippen LogP contribution in [0.3, 0.4) is 0 Å². The minimum Gasteiger partial charge on any atom is -0.491 e. The van der Waals surface area contributed by atoms with Crippen molar-refractivity contribution in [3.8, 4) is 11.5 Å². The quantitative estimate of drug-likeness (QED) is 0.202. The molecule has 0 aliphatic carbocycles. The van der Waals surface area contributed by atoms with E-state index in [0.29, 0.717) is 44.3 Å². The summed E-state index contributed by atoms with van der Waals surface area (Å²) in [6.45, 7) is 11.7. The molecule has 0 fully saturated rings. The smallest absolute Gasteiger partial charge is 0.338 e. The van der Waals surface area contributed by atoms with Crippen molar-refractivity contribution in [3.05, 3.63) is 115 Å². The molecule has 8 heteroatoms. The van der Waals surface area contributed by atoms with Gasteiger partial charge in [0.1, 0.15) is 24.1 Å². The molecule has 0 saturated carbocycles. The predicted octanol–water partition coefficient (Wildman–Crippen LogP) is 5.30. The molecular weight excluding hydrogens is 536 g/mol. The van der Waals surface area contributed by atoms with Crippen LogP contribution in [0, 0.1) is 0 Å². The number of esters is 1. The van der Waals surface area contributed by atoms with Gasteiger partial charge in [-0.2, -0.15) is 0 Å². The summed E-state index contributed by atoms with van der Waals surface area (Å²) in [5, 5.41) is 1.98. The lowest BCUT2D eigenvalue weighted by Crippen LogP contribution is -2.40. The number of hydrogen-bond acceptors (Lipinski definition) is 7. The number of nitrogens with zero attached hydrogens (tertiary/aromatic N) is 2. The van der Waals surface area contributed by atoms with Gasteiger partial charge in [-0.1, -0.05) is 72.5 Å². The Balaban J connectivity index is 1.78. The van der Waals surface area contributed by atoms with Crippen LogP contribution in [0.2, 0.25) is 0 Å². The van der Waals surface area contributed by atoms with Crippen molar-refractivity contribution in [3.63, 3.8) is 0 Å². The van der Waals surface area contributed by atoms with Crippen molar-refractivity contribution < 1.29 is 19.0 Å². The maximum absolute atomic E-state index is 14.2. The molecule has 41 heavy (non-hydrogen) atoms. The van der Waals surface area contributed by atoms with Crippen molar-refractivity contribution in [2.75, 3.05) is 13.2 Å². The molecule has 1 atom stereocenters. The minimum absolute atomic E-state index is 0.108. The second-order valence-electron chi connectivity index (χ2n) is 9.80. The van der Waals surface area contributed by atoms with Crippen molar-refractivity contribution in [1.82, 2.24) is 4.57 Å². The maximum atomic E-state index is 14.2. The first-order chi connectivity index (χ1) is 19.8. The van der Waals surface area contributed by atoms with Crippen molar-refractivity contribution >= 4 is 34.2 Å². The van der Waals surface area contributed by atoms with Gasteiger partial charge in [0.2, 0.25) is 0 Å². The number of carbonyl (C=O) groups is 1. The number of hydrogen-bond donors (Lipinski definition) is 0. The van der Waals surface area contributed by atoms with Gasteiger partial charge in [0.25, 0.3) is 5.56 Å². The van der Waals surface area contributed by atoms with Gasteiger partial charge < -0.3 is 14.2 Å². The van der Waals surface area contributed by atoms with Crippen molar-refractivity contribution in [2.24, 2.45) is 4.99 Å². The number of rotatable bonds is 9. The molecule has 0 N–H and O–H groups in total. The first-order valence-corrected chi connectivity index (χ1v) is 14.4. The van der Waals surface area contributed by atoms with E-state index in [1.54, 1.807) is 24.5 Å². The van der Waals surface area contributed by atoms with Crippen LogP contribution in [-0.2, 0) is 9.53 Å². The molecule has 7 nitrogen and oxygen atoms in total. The molecule has 0 saturated heterocycles. The number of allylic oxidation sites excluding steroid dienone is 1. The number of ether oxygens (including phenoxy) is 3. The maximum Gasteiger partial charge on any atom is 0.338 e. The third-order valence-corrected chi connectivity index (χ3v) is 7.64. The zero-order valence-corrected chi connectivity index (χ0v) is 24.4. The monoisotopic (exact) mass is 568 g/mol. The van der Waals surface area contributed by atoms with Crippen LogP contribution in [0.4, 0.5) is 0 Å². The third-order valence-electron chi connectivity index (χ3n) is 6.66. The van der Waals surface area contributed by atoms with Crippen LogP contribution in [0.15, 0.2) is 94.4 Å². The van der Waals surface area contributed by atoms with Crippen molar-refractivity contribution in [1.29, 1.82) is 0 Å². The molecule has 2 heterocycles. The van der Waals surface area contributed by atoms with E-state index in [9.17, 15) is 9.59 Å². The third kappa shape index (κ3) is 5.47. The van der Waals surface area contributed by atoms with Gasteiger partial charge in [0.05, 0.1) is 28.5 Å². The van der Waals surface area contributed by atoms with Crippen LogP contribution in [0.5, 0.6) is 11.5 Å². The zero-order chi connectivity index (χ0) is 29.1. The van der Waals surface area contributed by atoms with Crippen molar-refractivity contribution in [2.45, 2.75) is 39.8 Å².